The van der Waals surface area contributed by atoms with E-state index in [-0.39, 0.29) is 6.09 Å². The molecule has 0 N–H and O–H groups in total. The Morgan fingerprint density at radius 2 is 2.00 bits per heavy atom. The third-order valence-corrected chi connectivity index (χ3v) is 4.65. The quantitative estimate of drug-likeness (QED) is 0.853. The summed E-state index contributed by atoms with van der Waals surface area (Å²) in [4.78, 5) is 18.4. The van der Waals surface area contributed by atoms with Crippen LogP contribution in [0.5, 0.6) is 0 Å². The zero-order chi connectivity index (χ0) is 16.6. The van der Waals surface area contributed by atoms with Crippen molar-refractivity contribution in [2.45, 2.75) is 64.9 Å². The van der Waals surface area contributed by atoms with E-state index in [1.165, 1.54) is 6.42 Å². The predicted molar refractivity (Wildman–Crippen MR) is 85.1 cm³/mol. The van der Waals surface area contributed by atoms with Gasteiger partial charge in [0.15, 0.2) is 5.82 Å². The number of aromatic nitrogens is 2. The Kier molecular flexibility index (Phi) is 4.34. The van der Waals surface area contributed by atoms with E-state index in [0.717, 1.165) is 44.1 Å². The van der Waals surface area contributed by atoms with Gasteiger partial charge in [-0.15, -0.1) is 0 Å². The van der Waals surface area contributed by atoms with Crippen LogP contribution in [0.4, 0.5) is 4.79 Å². The minimum Gasteiger partial charge on any atom is -0.444 e. The second kappa shape index (κ2) is 6.13. The highest BCUT2D eigenvalue weighted by molar-refractivity contribution is 5.68. The summed E-state index contributed by atoms with van der Waals surface area (Å²) in [5, 5.41) is 4.11. The van der Waals surface area contributed by atoms with Gasteiger partial charge in [0.25, 0.3) is 0 Å². The van der Waals surface area contributed by atoms with Crippen molar-refractivity contribution in [2.75, 3.05) is 13.1 Å². The van der Waals surface area contributed by atoms with E-state index in [4.69, 9.17) is 9.26 Å². The van der Waals surface area contributed by atoms with Gasteiger partial charge in [-0.2, -0.15) is 4.98 Å². The Balaban J connectivity index is 1.46. The van der Waals surface area contributed by atoms with E-state index in [0.29, 0.717) is 17.8 Å². The zero-order valence-electron chi connectivity index (χ0n) is 14.5. The molecule has 2 aliphatic rings. The normalized spacial score (nSPS) is 25.5. The molecule has 0 bridgehead atoms. The Labute approximate surface area is 137 Å². The molecule has 0 aromatic carbocycles. The molecule has 3 rings (SSSR count). The predicted octanol–water partition coefficient (Wildman–Crippen LogP) is 3.38. The number of amides is 1. The topological polar surface area (TPSA) is 68.5 Å². The largest absolute Gasteiger partial charge is 0.444 e. The summed E-state index contributed by atoms with van der Waals surface area (Å²) < 4.78 is 10.8. The lowest BCUT2D eigenvalue weighted by Gasteiger charge is -2.33. The Morgan fingerprint density at radius 3 is 2.57 bits per heavy atom. The van der Waals surface area contributed by atoms with Gasteiger partial charge in [0.2, 0.25) is 5.89 Å². The highest BCUT2D eigenvalue weighted by Gasteiger charge is 2.38. The molecule has 1 aromatic heterocycles. The Hall–Kier alpha value is -1.59. The molecular formula is C17H27N3O3. The summed E-state index contributed by atoms with van der Waals surface area (Å²) in [6.07, 6.45) is 3.69. The van der Waals surface area contributed by atoms with Gasteiger partial charge in [-0.1, -0.05) is 12.1 Å². The van der Waals surface area contributed by atoms with Crippen molar-refractivity contribution in [3.05, 3.63) is 11.7 Å². The molecule has 1 aliphatic heterocycles. The van der Waals surface area contributed by atoms with Crippen LogP contribution in [-0.2, 0) is 11.2 Å². The second-order valence-electron chi connectivity index (χ2n) is 7.98. The van der Waals surface area contributed by atoms with E-state index < -0.39 is 5.60 Å². The van der Waals surface area contributed by atoms with Gasteiger partial charge in [-0.05, 0) is 51.9 Å². The third-order valence-electron chi connectivity index (χ3n) is 4.65. The number of carbonyl (C=O) groups excluding carboxylic acids is 1. The average molecular weight is 321 g/mol. The molecule has 6 nitrogen and oxygen atoms in total. The van der Waals surface area contributed by atoms with Crippen molar-refractivity contribution in [2.24, 2.45) is 11.8 Å². The van der Waals surface area contributed by atoms with Gasteiger partial charge in [0.1, 0.15) is 5.60 Å². The monoisotopic (exact) mass is 321 g/mol. The number of ether oxygens (including phenoxy) is 1. The summed E-state index contributed by atoms with van der Waals surface area (Å²) in [6.45, 7) is 9.37. The van der Waals surface area contributed by atoms with Crippen molar-refractivity contribution < 1.29 is 14.1 Å². The average Bonchev–Trinajstić information content (AvgIpc) is 3.01. The van der Waals surface area contributed by atoms with Crippen molar-refractivity contribution in [1.82, 2.24) is 15.0 Å². The summed E-state index contributed by atoms with van der Waals surface area (Å²) in [5.74, 6) is 3.31. The van der Waals surface area contributed by atoms with Gasteiger partial charge >= 0.3 is 6.09 Å². The lowest BCUT2D eigenvalue weighted by atomic mass is 9.94. The van der Waals surface area contributed by atoms with Gasteiger partial charge in [0.05, 0.1) is 0 Å². The molecule has 0 radical (unpaired) electrons. The molecule has 1 aliphatic carbocycles. The van der Waals surface area contributed by atoms with Crippen LogP contribution < -0.4 is 0 Å². The number of carbonyl (C=O) groups is 1. The molecular weight excluding hydrogens is 294 g/mol. The number of likely N-dealkylation sites (tertiary alicyclic amines) is 1. The van der Waals surface area contributed by atoms with Crippen LogP contribution in [0.15, 0.2) is 4.52 Å². The second-order valence-corrected chi connectivity index (χ2v) is 7.98. The van der Waals surface area contributed by atoms with Crippen LogP contribution >= 0.6 is 0 Å². The first-order valence-corrected chi connectivity index (χ1v) is 8.62. The molecule has 1 aromatic rings. The summed E-state index contributed by atoms with van der Waals surface area (Å²) in [6, 6.07) is 0. The van der Waals surface area contributed by atoms with Crippen LogP contribution in [0, 0.1) is 11.8 Å². The fourth-order valence-corrected chi connectivity index (χ4v) is 3.08. The molecule has 0 spiro atoms. The van der Waals surface area contributed by atoms with Crippen LogP contribution in [0.1, 0.15) is 64.6 Å². The number of hydrogen-bond acceptors (Lipinski definition) is 5. The summed E-state index contributed by atoms with van der Waals surface area (Å²) in [5.41, 5.74) is -0.436. The minimum atomic E-state index is -0.436. The van der Waals surface area contributed by atoms with E-state index in [9.17, 15) is 4.79 Å². The first-order valence-electron chi connectivity index (χ1n) is 8.62. The van der Waals surface area contributed by atoms with E-state index in [1.54, 1.807) is 4.90 Å². The molecule has 0 unspecified atom stereocenters. The molecule has 1 saturated heterocycles. The van der Waals surface area contributed by atoms with E-state index >= 15 is 0 Å². The Bertz CT molecular complexity index is 556. The number of hydrogen-bond donors (Lipinski definition) is 0. The standard InChI is InChI=1S/C17H27N3O3/c1-11-9-13(11)15-18-14(23-19-15)10-12-5-7-20(8-6-12)16(21)22-17(2,3)4/h11-13H,5-10H2,1-4H3/t11-,13-/m1/s1. The number of nitrogens with zero attached hydrogens (tertiary/aromatic N) is 3. The number of piperidine rings is 1. The van der Waals surface area contributed by atoms with Crippen molar-refractivity contribution in [3.63, 3.8) is 0 Å². The van der Waals surface area contributed by atoms with Gasteiger partial charge in [0, 0.05) is 25.4 Å². The highest BCUT2D eigenvalue weighted by atomic mass is 16.6. The highest BCUT2D eigenvalue weighted by Crippen LogP contribution is 2.45. The maximum absolute atomic E-state index is 12.1. The number of rotatable bonds is 3. The molecule has 2 atom stereocenters. The zero-order valence-corrected chi connectivity index (χ0v) is 14.5. The molecule has 128 valence electrons. The maximum atomic E-state index is 12.1. The first kappa shape index (κ1) is 16.3. The lowest BCUT2D eigenvalue weighted by Crippen LogP contribution is -2.42. The lowest BCUT2D eigenvalue weighted by molar-refractivity contribution is 0.0182. The summed E-state index contributed by atoms with van der Waals surface area (Å²) in [7, 11) is 0. The van der Waals surface area contributed by atoms with Gasteiger partial charge in [-0.3, -0.25) is 0 Å². The summed E-state index contributed by atoms with van der Waals surface area (Å²) >= 11 is 0. The van der Waals surface area contributed by atoms with E-state index in [2.05, 4.69) is 17.1 Å². The SMILES string of the molecule is C[C@@H]1C[C@H]1c1noc(CC2CCN(C(=O)OC(C)(C)C)CC2)n1. The fourth-order valence-electron chi connectivity index (χ4n) is 3.08. The smallest absolute Gasteiger partial charge is 0.410 e. The molecule has 1 amide bonds. The molecule has 1 saturated carbocycles. The first-order chi connectivity index (χ1) is 10.8. The Morgan fingerprint density at radius 1 is 1.35 bits per heavy atom. The molecule has 23 heavy (non-hydrogen) atoms. The van der Waals surface area contributed by atoms with Crippen LogP contribution in [0.25, 0.3) is 0 Å². The van der Waals surface area contributed by atoms with Crippen molar-refractivity contribution >= 4 is 6.09 Å². The third kappa shape index (κ3) is 4.24. The molecule has 2 heterocycles. The van der Waals surface area contributed by atoms with Crippen LogP contribution in [0.3, 0.4) is 0 Å². The fraction of sp³-hybridized carbons (Fsp3) is 0.824. The molecule has 2 fully saturated rings. The van der Waals surface area contributed by atoms with E-state index in [1.807, 2.05) is 20.8 Å². The van der Waals surface area contributed by atoms with Gasteiger partial charge < -0.3 is 14.2 Å². The maximum Gasteiger partial charge on any atom is 0.410 e. The van der Waals surface area contributed by atoms with Crippen molar-refractivity contribution in [1.29, 1.82) is 0 Å². The van der Waals surface area contributed by atoms with Crippen LogP contribution in [0.2, 0.25) is 0 Å². The van der Waals surface area contributed by atoms with Crippen LogP contribution in [-0.4, -0.2) is 39.8 Å². The molecule has 6 heteroatoms. The minimum absolute atomic E-state index is 0.209. The van der Waals surface area contributed by atoms with Gasteiger partial charge in [-0.25, -0.2) is 4.79 Å². The van der Waals surface area contributed by atoms with Crippen molar-refractivity contribution in [3.8, 4) is 0 Å².